The summed E-state index contributed by atoms with van der Waals surface area (Å²) in [6, 6.07) is 9.82. The van der Waals surface area contributed by atoms with Crippen molar-refractivity contribution in [2.45, 2.75) is 32.7 Å². The molecule has 0 fully saturated rings. The van der Waals surface area contributed by atoms with Gasteiger partial charge in [0, 0.05) is 12.5 Å². The number of Topliss-reactive ketones (excluding diaryl/α,β-unsaturated/α-hetero) is 1. The Kier molecular flexibility index (Phi) is 3.87. The second-order valence-corrected chi connectivity index (χ2v) is 4.27. The highest BCUT2D eigenvalue weighted by atomic mass is 16.1. The topological polar surface area (TPSA) is 47.8 Å². The maximum atomic E-state index is 12.2. The predicted molar refractivity (Wildman–Crippen MR) is 69.3 cm³/mol. The minimum atomic E-state index is -0.104. The van der Waals surface area contributed by atoms with E-state index in [9.17, 15) is 4.79 Å². The molecule has 0 radical (unpaired) electrons. The first-order chi connectivity index (χ1) is 8.72. The first-order valence-electron chi connectivity index (χ1n) is 6.16. The summed E-state index contributed by atoms with van der Waals surface area (Å²) < 4.78 is 1.76. The Morgan fingerprint density at radius 2 is 2.06 bits per heavy atom. The Labute approximate surface area is 107 Å². The largest absolute Gasteiger partial charge is 0.299 e. The molecule has 2 aromatic rings. The molecule has 1 aromatic heterocycles. The van der Waals surface area contributed by atoms with Crippen LogP contribution in [0, 0.1) is 0 Å². The van der Waals surface area contributed by atoms with Crippen molar-refractivity contribution in [2.24, 2.45) is 0 Å². The van der Waals surface area contributed by atoms with E-state index in [2.05, 4.69) is 10.1 Å². The molecule has 0 saturated heterocycles. The molecule has 94 valence electrons. The van der Waals surface area contributed by atoms with Crippen molar-refractivity contribution in [2.75, 3.05) is 0 Å². The predicted octanol–water partition coefficient (Wildman–Crippen LogP) is 2.21. The smallest absolute Gasteiger partial charge is 0.147 e. The Hall–Kier alpha value is -1.97. The summed E-state index contributed by atoms with van der Waals surface area (Å²) in [5, 5.41) is 4.07. The van der Waals surface area contributed by atoms with E-state index in [-0.39, 0.29) is 11.7 Å². The van der Waals surface area contributed by atoms with Crippen molar-refractivity contribution >= 4 is 5.78 Å². The molecule has 1 unspecified atom stereocenters. The molecule has 0 aliphatic heterocycles. The zero-order valence-electron chi connectivity index (χ0n) is 10.7. The Balaban J connectivity index is 2.09. The number of hydrogen-bond acceptors (Lipinski definition) is 3. The molecule has 1 atom stereocenters. The first-order valence-corrected chi connectivity index (χ1v) is 6.16. The third-order valence-corrected chi connectivity index (χ3v) is 3.11. The average molecular weight is 243 g/mol. The molecule has 0 saturated carbocycles. The van der Waals surface area contributed by atoms with Crippen LogP contribution in [0.5, 0.6) is 0 Å². The number of ketones is 1. The van der Waals surface area contributed by atoms with Gasteiger partial charge >= 0.3 is 0 Å². The van der Waals surface area contributed by atoms with Crippen LogP contribution >= 0.6 is 0 Å². The summed E-state index contributed by atoms with van der Waals surface area (Å²) in [7, 11) is 0. The lowest BCUT2D eigenvalue weighted by atomic mass is 9.95. The molecule has 18 heavy (non-hydrogen) atoms. The molecule has 0 spiro atoms. The van der Waals surface area contributed by atoms with E-state index in [1.807, 2.05) is 44.2 Å². The molecule has 2 rings (SSSR count). The van der Waals surface area contributed by atoms with Gasteiger partial charge in [-0.05, 0) is 12.5 Å². The molecular formula is C14H17N3O. The lowest BCUT2D eigenvalue weighted by Gasteiger charge is -2.10. The molecular weight excluding hydrogens is 226 g/mol. The molecule has 1 aromatic carbocycles. The standard InChI is InChI=1S/C14H17N3O/c1-3-17-14(15-10-16-17)9-13(18)11(2)12-7-5-4-6-8-12/h4-8,10-11H,3,9H2,1-2H3. The van der Waals surface area contributed by atoms with E-state index < -0.39 is 0 Å². The zero-order chi connectivity index (χ0) is 13.0. The third-order valence-electron chi connectivity index (χ3n) is 3.11. The molecule has 4 heteroatoms. The van der Waals surface area contributed by atoms with Crippen molar-refractivity contribution in [3.63, 3.8) is 0 Å². The first kappa shape index (κ1) is 12.5. The lowest BCUT2D eigenvalue weighted by Crippen LogP contribution is -2.15. The van der Waals surface area contributed by atoms with Crippen LogP contribution in [0.4, 0.5) is 0 Å². The summed E-state index contributed by atoms with van der Waals surface area (Å²) in [6.07, 6.45) is 1.84. The highest BCUT2D eigenvalue weighted by molar-refractivity contribution is 5.86. The number of carbonyl (C=O) groups is 1. The second-order valence-electron chi connectivity index (χ2n) is 4.27. The van der Waals surface area contributed by atoms with Crippen LogP contribution in [-0.2, 0) is 17.8 Å². The minimum absolute atomic E-state index is 0.104. The van der Waals surface area contributed by atoms with Crippen LogP contribution in [0.25, 0.3) is 0 Å². The van der Waals surface area contributed by atoms with Gasteiger partial charge < -0.3 is 0 Å². The van der Waals surface area contributed by atoms with Crippen LogP contribution in [-0.4, -0.2) is 20.5 Å². The molecule has 1 heterocycles. The van der Waals surface area contributed by atoms with Crippen molar-refractivity contribution < 1.29 is 4.79 Å². The summed E-state index contributed by atoms with van der Waals surface area (Å²) in [4.78, 5) is 16.3. The average Bonchev–Trinajstić information content (AvgIpc) is 2.86. The van der Waals surface area contributed by atoms with E-state index in [0.29, 0.717) is 6.42 Å². The maximum Gasteiger partial charge on any atom is 0.147 e. The highest BCUT2D eigenvalue weighted by Crippen LogP contribution is 2.17. The van der Waals surface area contributed by atoms with Gasteiger partial charge in [0.25, 0.3) is 0 Å². The van der Waals surface area contributed by atoms with Gasteiger partial charge in [-0.3, -0.25) is 4.79 Å². The normalized spacial score (nSPS) is 12.3. The SMILES string of the molecule is CCn1ncnc1CC(=O)C(C)c1ccccc1. The highest BCUT2D eigenvalue weighted by Gasteiger charge is 2.17. The molecule has 0 amide bonds. The van der Waals surface area contributed by atoms with Crippen LogP contribution in [0.3, 0.4) is 0 Å². The van der Waals surface area contributed by atoms with Crippen LogP contribution in [0.15, 0.2) is 36.7 Å². The van der Waals surface area contributed by atoms with Crippen LogP contribution in [0.1, 0.15) is 31.2 Å². The van der Waals surface area contributed by atoms with E-state index in [1.54, 1.807) is 4.68 Å². The minimum Gasteiger partial charge on any atom is -0.299 e. The van der Waals surface area contributed by atoms with Gasteiger partial charge in [0.05, 0.1) is 6.42 Å². The maximum absolute atomic E-state index is 12.2. The summed E-state index contributed by atoms with van der Waals surface area (Å²) in [6.45, 7) is 4.66. The number of aryl methyl sites for hydroxylation is 1. The van der Waals surface area contributed by atoms with E-state index in [0.717, 1.165) is 17.9 Å². The van der Waals surface area contributed by atoms with E-state index in [1.165, 1.54) is 6.33 Å². The van der Waals surface area contributed by atoms with Gasteiger partial charge in [-0.15, -0.1) is 0 Å². The van der Waals surface area contributed by atoms with Crippen molar-refractivity contribution in [3.8, 4) is 0 Å². The molecule has 0 N–H and O–H groups in total. The lowest BCUT2D eigenvalue weighted by molar-refractivity contribution is -0.119. The van der Waals surface area contributed by atoms with Gasteiger partial charge in [-0.2, -0.15) is 5.10 Å². The van der Waals surface area contributed by atoms with Crippen molar-refractivity contribution in [1.29, 1.82) is 0 Å². The van der Waals surface area contributed by atoms with E-state index >= 15 is 0 Å². The molecule has 4 nitrogen and oxygen atoms in total. The van der Waals surface area contributed by atoms with Crippen LogP contribution < -0.4 is 0 Å². The second kappa shape index (κ2) is 5.58. The summed E-state index contributed by atoms with van der Waals surface area (Å²) in [5.41, 5.74) is 1.05. The Morgan fingerprint density at radius 3 is 2.72 bits per heavy atom. The van der Waals surface area contributed by atoms with E-state index in [4.69, 9.17) is 0 Å². The van der Waals surface area contributed by atoms with Gasteiger partial charge in [-0.1, -0.05) is 37.3 Å². The van der Waals surface area contributed by atoms with Crippen LogP contribution in [0.2, 0.25) is 0 Å². The Morgan fingerprint density at radius 1 is 1.33 bits per heavy atom. The number of rotatable bonds is 5. The number of nitrogens with zero attached hydrogens (tertiary/aromatic N) is 3. The fourth-order valence-electron chi connectivity index (χ4n) is 1.93. The fraction of sp³-hybridized carbons (Fsp3) is 0.357. The van der Waals surface area contributed by atoms with Gasteiger partial charge in [0.2, 0.25) is 0 Å². The summed E-state index contributed by atoms with van der Waals surface area (Å²) >= 11 is 0. The number of carbonyl (C=O) groups excluding carboxylic acids is 1. The third kappa shape index (κ3) is 2.64. The molecule has 0 bridgehead atoms. The number of hydrogen-bond donors (Lipinski definition) is 0. The zero-order valence-corrected chi connectivity index (χ0v) is 10.7. The fourth-order valence-corrected chi connectivity index (χ4v) is 1.93. The van der Waals surface area contributed by atoms with Gasteiger partial charge in [0.15, 0.2) is 0 Å². The van der Waals surface area contributed by atoms with Gasteiger partial charge in [0.1, 0.15) is 17.9 Å². The van der Waals surface area contributed by atoms with Crippen molar-refractivity contribution in [1.82, 2.24) is 14.8 Å². The summed E-state index contributed by atoms with van der Waals surface area (Å²) in [5.74, 6) is 0.808. The number of aromatic nitrogens is 3. The Bertz CT molecular complexity index is 519. The van der Waals surface area contributed by atoms with Gasteiger partial charge in [-0.25, -0.2) is 9.67 Å². The van der Waals surface area contributed by atoms with Crippen molar-refractivity contribution in [3.05, 3.63) is 48.0 Å². The number of benzene rings is 1. The quantitative estimate of drug-likeness (QED) is 0.809. The molecule has 0 aliphatic carbocycles. The monoisotopic (exact) mass is 243 g/mol. The molecule has 0 aliphatic rings.